The lowest BCUT2D eigenvalue weighted by Crippen LogP contribution is -2.45. The SMILES string of the molecule is O=C(O)CC(C(=O)O)N1C(=O)/C(=C\c2ccc(-c3ccc(Cl)c(Cl)c3)o2)SC1=S. The van der Waals surface area contributed by atoms with Gasteiger partial charge in [0.1, 0.15) is 21.9 Å². The van der Waals surface area contributed by atoms with Crippen molar-refractivity contribution in [1.82, 2.24) is 4.90 Å². The molecule has 1 aromatic heterocycles. The van der Waals surface area contributed by atoms with Crippen LogP contribution >= 0.6 is 47.2 Å². The largest absolute Gasteiger partial charge is 0.481 e. The van der Waals surface area contributed by atoms with Gasteiger partial charge in [0.05, 0.1) is 21.4 Å². The first kappa shape index (κ1) is 21.4. The van der Waals surface area contributed by atoms with Crippen LogP contribution in [0.4, 0.5) is 0 Å². The highest BCUT2D eigenvalue weighted by atomic mass is 35.5. The van der Waals surface area contributed by atoms with Gasteiger partial charge in [-0.2, -0.15) is 0 Å². The molecule has 0 spiro atoms. The molecule has 2 N–H and O–H groups in total. The quantitative estimate of drug-likeness (QED) is 0.471. The predicted molar refractivity (Wildman–Crippen MR) is 113 cm³/mol. The smallest absolute Gasteiger partial charge is 0.327 e. The van der Waals surface area contributed by atoms with Gasteiger partial charge in [-0.15, -0.1) is 0 Å². The number of carboxylic acids is 2. The monoisotopic (exact) mass is 471 g/mol. The van der Waals surface area contributed by atoms with Gasteiger partial charge in [-0.3, -0.25) is 14.5 Å². The summed E-state index contributed by atoms with van der Waals surface area (Å²) in [6.45, 7) is 0. The highest BCUT2D eigenvalue weighted by Gasteiger charge is 2.41. The fourth-order valence-corrected chi connectivity index (χ4v) is 4.20. The highest BCUT2D eigenvalue weighted by Crippen LogP contribution is 2.36. The molecule has 1 fully saturated rings. The molecular weight excluding hydrogens is 461 g/mol. The van der Waals surface area contributed by atoms with E-state index < -0.39 is 30.3 Å². The van der Waals surface area contributed by atoms with Gasteiger partial charge in [-0.1, -0.05) is 47.2 Å². The molecule has 29 heavy (non-hydrogen) atoms. The van der Waals surface area contributed by atoms with Gasteiger partial charge in [-0.05, 0) is 30.3 Å². The number of amides is 1. The molecule has 0 aliphatic carbocycles. The lowest BCUT2D eigenvalue weighted by molar-refractivity contribution is -0.150. The normalized spacial score (nSPS) is 16.5. The van der Waals surface area contributed by atoms with E-state index in [0.29, 0.717) is 27.1 Å². The van der Waals surface area contributed by atoms with E-state index in [1.165, 1.54) is 6.08 Å². The third-order valence-electron chi connectivity index (χ3n) is 3.89. The minimum absolute atomic E-state index is 0.0360. The van der Waals surface area contributed by atoms with Gasteiger partial charge < -0.3 is 14.6 Å². The number of furan rings is 1. The van der Waals surface area contributed by atoms with Gasteiger partial charge in [0.25, 0.3) is 5.91 Å². The van der Waals surface area contributed by atoms with Crippen molar-refractivity contribution in [3.63, 3.8) is 0 Å². The lowest BCUT2D eigenvalue weighted by Gasteiger charge is -2.21. The van der Waals surface area contributed by atoms with Gasteiger partial charge in [0.15, 0.2) is 0 Å². The number of nitrogens with zero attached hydrogens (tertiary/aromatic N) is 1. The molecule has 3 rings (SSSR count). The summed E-state index contributed by atoms with van der Waals surface area (Å²) in [6.07, 6.45) is 0.650. The topological polar surface area (TPSA) is 108 Å². The van der Waals surface area contributed by atoms with Crippen LogP contribution in [0.15, 0.2) is 39.7 Å². The Bertz CT molecular complexity index is 1060. The summed E-state index contributed by atoms with van der Waals surface area (Å²) in [7, 11) is 0. The molecule has 1 aromatic carbocycles. The molecule has 150 valence electrons. The van der Waals surface area contributed by atoms with Gasteiger partial charge in [0.2, 0.25) is 0 Å². The number of carbonyl (C=O) groups is 3. The van der Waals surface area contributed by atoms with E-state index in [-0.39, 0.29) is 9.23 Å². The standard InChI is InChI=1S/C18H11Cl2NO6S2/c19-10-3-1-8(5-11(10)20)13-4-2-9(27-13)6-14-16(24)21(18(28)29-14)12(17(25)26)7-15(22)23/h1-6,12H,7H2,(H,22,23)(H,25,26)/b14-6+. The first-order chi connectivity index (χ1) is 13.7. The molecule has 1 atom stereocenters. The predicted octanol–water partition coefficient (Wildman–Crippen LogP) is 4.38. The van der Waals surface area contributed by atoms with Crippen molar-refractivity contribution in [3.8, 4) is 11.3 Å². The molecule has 2 aromatic rings. The Morgan fingerprint density at radius 1 is 1.21 bits per heavy atom. The van der Waals surface area contributed by atoms with Crippen molar-refractivity contribution >= 4 is 75.4 Å². The molecule has 7 nitrogen and oxygen atoms in total. The number of thiocarbonyl (C=S) groups is 1. The van der Waals surface area contributed by atoms with Crippen molar-refractivity contribution < 1.29 is 29.0 Å². The van der Waals surface area contributed by atoms with E-state index in [2.05, 4.69) is 0 Å². The van der Waals surface area contributed by atoms with Crippen LogP contribution in [0.3, 0.4) is 0 Å². The highest BCUT2D eigenvalue weighted by molar-refractivity contribution is 8.26. The van der Waals surface area contributed by atoms with Crippen molar-refractivity contribution in [2.45, 2.75) is 12.5 Å². The molecular formula is C18H11Cl2NO6S2. The summed E-state index contributed by atoms with van der Waals surface area (Å²) in [4.78, 5) is 35.9. The summed E-state index contributed by atoms with van der Waals surface area (Å²) in [6, 6.07) is 6.69. The number of hydrogen-bond donors (Lipinski definition) is 2. The first-order valence-electron chi connectivity index (χ1n) is 7.94. The second kappa shape index (κ2) is 8.58. The molecule has 1 aliphatic heterocycles. The summed E-state index contributed by atoms with van der Waals surface area (Å²) in [5.74, 6) is -2.69. The van der Waals surface area contributed by atoms with Crippen molar-refractivity contribution in [2.75, 3.05) is 0 Å². The van der Waals surface area contributed by atoms with E-state index in [1.807, 2.05) is 0 Å². The average molecular weight is 472 g/mol. The molecule has 1 saturated heterocycles. The number of rotatable bonds is 6. The number of aliphatic carboxylic acids is 2. The number of halogens is 2. The molecule has 0 bridgehead atoms. The van der Waals surface area contributed by atoms with E-state index >= 15 is 0 Å². The molecule has 1 unspecified atom stereocenters. The number of hydrogen-bond acceptors (Lipinski definition) is 6. The Balaban J connectivity index is 1.86. The Hall–Kier alpha value is -2.33. The maximum absolute atomic E-state index is 12.6. The first-order valence-corrected chi connectivity index (χ1v) is 9.92. The lowest BCUT2D eigenvalue weighted by atomic mass is 10.2. The zero-order valence-corrected chi connectivity index (χ0v) is 17.4. The molecule has 1 amide bonds. The van der Waals surface area contributed by atoms with Crippen LogP contribution in [0.1, 0.15) is 12.2 Å². The summed E-state index contributed by atoms with van der Waals surface area (Å²) < 4.78 is 5.67. The second-order valence-corrected chi connectivity index (χ2v) is 8.32. The Morgan fingerprint density at radius 3 is 2.55 bits per heavy atom. The summed E-state index contributed by atoms with van der Waals surface area (Å²) in [5, 5.41) is 19.0. The average Bonchev–Trinajstić information content (AvgIpc) is 3.20. The second-order valence-electron chi connectivity index (χ2n) is 5.83. The van der Waals surface area contributed by atoms with Gasteiger partial charge >= 0.3 is 11.9 Å². The fraction of sp³-hybridized carbons (Fsp3) is 0.111. The molecule has 0 radical (unpaired) electrons. The summed E-state index contributed by atoms with van der Waals surface area (Å²) in [5.41, 5.74) is 0.680. The number of benzene rings is 1. The van der Waals surface area contributed by atoms with Gasteiger partial charge in [-0.25, -0.2) is 4.79 Å². The van der Waals surface area contributed by atoms with Crippen LogP contribution in [-0.2, 0) is 14.4 Å². The van der Waals surface area contributed by atoms with E-state index in [0.717, 1.165) is 16.7 Å². The number of carbonyl (C=O) groups excluding carboxylic acids is 1. The maximum atomic E-state index is 12.6. The molecule has 11 heteroatoms. The zero-order valence-electron chi connectivity index (χ0n) is 14.3. The van der Waals surface area contributed by atoms with Crippen LogP contribution < -0.4 is 0 Å². The van der Waals surface area contributed by atoms with Crippen LogP contribution in [0.2, 0.25) is 10.0 Å². The van der Waals surface area contributed by atoms with E-state index in [9.17, 15) is 19.5 Å². The van der Waals surface area contributed by atoms with Crippen LogP contribution in [-0.4, -0.2) is 43.3 Å². The summed E-state index contributed by atoms with van der Waals surface area (Å²) >= 11 is 17.9. The Labute approximate surface area is 183 Å². The minimum atomic E-state index is -1.59. The Kier molecular flexibility index (Phi) is 6.33. The van der Waals surface area contributed by atoms with E-state index in [1.54, 1.807) is 30.3 Å². The van der Waals surface area contributed by atoms with Crippen molar-refractivity contribution in [3.05, 3.63) is 51.0 Å². The third kappa shape index (κ3) is 4.64. The number of thioether (sulfide) groups is 1. The van der Waals surface area contributed by atoms with Crippen LogP contribution in [0.5, 0.6) is 0 Å². The molecule has 2 heterocycles. The van der Waals surface area contributed by atoms with E-state index in [4.69, 9.17) is 44.9 Å². The van der Waals surface area contributed by atoms with Gasteiger partial charge in [0, 0.05) is 11.6 Å². The third-order valence-corrected chi connectivity index (χ3v) is 5.96. The maximum Gasteiger partial charge on any atom is 0.327 e. The minimum Gasteiger partial charge on any atom is -0.481 e. The van der Waals surface area contributed by atoms with Crippen molar-refractivity contribution in [1.29, 1.82) is 0 Å². The van der Waals surface area contributed by atoms with Crippen molar-refractivity contribution in [2.24, 2.45) is 0 Å². The zero-order chi connectivity index (χ0) is 21.3. The fourth-order valence-electron chi connectivity index (χ4n) is 2.57. The van der Waals surface area contributed by atoms with Crippen LogP contribution in [0, 0.1) is 0 Å². The molecule has 1 aliphatic rings. The van der Waals surface area contributed by atoms with Crippen LogP contribution in [0.25, 0.3) is 17.4 Å². The Morgan fingerprint density at radius 2 is 1.93 bits per heavy atom. The molecule has 0 saturated carbocycles. The number of carboxylic acid groups (broad SMARTS) is 2.